The summed E-state index contributed by atoms with van der Waals surface area (Å²) in [4.78, 5) is 30.8. The van der Waals surface area contributed by atoms with E-state index < -0.39 is 0 Å². The van der Waals surface area contributed by atoms with Crippen LogP contribution in [0.2, 0.25) is 0 Å². The predicted octanol–water partition coefficient (Wildman–Crippen LogP) is 1.99. The number of likely N-dealkylation sites (tertiary alicyclic amines) is 1. The van der Waals surface area contributed by atoms with Gasteiger partial charge in [-0.05, 0) is 23.9 Å². The minimum Gasteiger partial charge on any atom is -0.345 e. The fourth-order valence-corrected chi connectivity index (χ4v) is 3.37. The molecule has 23 heavy (non-hydrogen) atoms. The number of benzene rings is 1. The average molecular weight is 330 g/mol. The number of imidazole rings is 1. The first-order chi connectivity index (χ1) is 11.0. The second kappa shape index (κ2) is 6.45. The van der Waals surface area contributed by atoms with Gasteiger partial charge in [-0.2, -0.15) is 0 Å². The van der Waals surface area contributed by atoms with E-state index in [1.54, 1.807) is 18.1 Å². The maximum absolute atomic E-state index is 12.4. The van der Waals surface area contributed by atoms with Crippen molar-refractivity contribution in [3.8, 4) is 0 Å². The maximum Gasteiger partial charge on any atom is 0.229 e. The minimum atomic E-state index is -0.293. The maximum atomic E-state index is 12.4. The van der Waals surface area contributed by atoms with Crippen molar-refractivity contribution in [3.05, 3.63) is 36.7 Å². The van der Waals surface area contributed by atoms with Gasteiger partial charge in [0.2, 0.25) is 11.8 Å². The molecule has 0 radical (unpaired) electrons. The van der Waals surface area contributed by atoms with Crippen molar-refractivity contribution in [2.24, 2.45) is 13.0 Å². The molecule has 2 amide bonds. The summed E-state index contributed by atoms with van der Waals surface area (Å²) in [6, 6.07) is 7.61. The molecule has 1 aromatic heterocycles. The molecule has 0 saturated carbocycles. The molecule has 1 aliphatic heterocycles. The van der Waals surface area contributed by atoms with E-state index in [0.29, 0.717) is 6.54 Å². The van der Waals surface area contributed by atoms with Gasteiger partial charge in [0.05, 0.1) is 11.6 Å². The van der Waals surface area contributed by atoms with Gasteiger partial charge in [-0.15, -0.1) is 0 Å². The highest BCUT2D eigenvalue weighted by molar-refractivity contribution is 7.99. The number of amides is 2. The Hall–Kier alpha value is -2.28. The zero-order valence-electron chi connectivity index (χ0n) is 13.0. The van der Waals surface area contributed by atoms with Gasteiger partial charge in [0, 0.05) is 44.4 Å². The van der Waals surface area contributed by atoms with Crippen LogP contribution in [-0.4, -0.2) is 39.9 Å². The van der Waals surface area contributed by atoms with Crippen molar-refractivity contribution in [3.63, 3.8) is 0 Å². The third-order valence-electron chi connectivity index (χ3n) is 3.83. The van der Waals surface area contributed by atoms with Gasteiger partial charge < -0.3 is 14.8 Å². The van der Waals surface area contributed by atoms with Crippen LogP contribution in [0.1, 0.15) is 6.42 Å². The Kier molecular flexibility index (Phi) is 4.38. The number of aryl methyl sites for hydroxylation is 1. The molecular formula is C16H18N4O2S. The molecule has 7 heteroatoms. The summed E-state index contributed by atoms with van der Waals surface area (Å²) in [7, 11) is 3.65. The smallest absolute Gasteiger partial charge is 0.229 e. The molecule has 2 aromatic rings. The van der Waals surface area contributed by atoms with Crippen LogP contribution in [0.25, 0.3) is 0 Å². The first kappa shape index (κ1) is 15.6. The third kappa shape index (κ3) is 3.39. The SMILES string of the molecule is CN1C[C@H](C(=O)Nc2ccccc2Sc2nccn2C)CC1=O. The van der Waals surface area contributed by atoms with E-state index in [4.69, 9.17) is 0 Å². The quantitative estimate of drug-likeness (QED) is 0.931. The summed E-state index contributed by atoms with van der Waals surface area (Å²) in [5.74, 6) is -0.393. The van der Waals surface area contributed by atoms with Crippen LogP contribution in [0.4, 0.5) is 5.69 Å². The summed E-state index contributed by atoms with van der Waals surface area (Å²) in [5.41, 5.74) is 0.743. The van der Waals surface area contributed by atoms with Gasteiger partial charge in [-0.1, -0.05) is 12.1 Å². The third-order valence-corrected chi connectivity index (χ3v) is 4.99. The number of carbonyl (C=O) groups excluding carboxylic acids is 2. The van der Waals surface area contributed by atoms with Gasteiger partial charge in [0.1, 0.15) is 0 Å². The van der Waals surface area contributed by atoms with E-state index in [0.717, 1.165) is 15.7 Å². The zero-order valence-corrected chi connectivity index (χ0v) is 13.8. The highest BCUT2D eigenvalue weighted by Crippen LogP contribution is 2.32. The Morgan fingerprint density at radius 3 is 2.78 bits per heavy atom. The predicted molar refractivity (Wildman–Crippen MR) is 88.1 cm³/mol. The monoisotopic (exact) mass is 330 g/mol. The van der Waals surface area contributed by atoms with E-state index in [1.165, 1.54) is 11.8 Å². The Bertz CT molecular complexity index is 743. The number of anilines is 1. The normalized spacial score (nSPS) is 17.6. The van der Waals surface area contributed by atoms with Crippen LogP contribution < -0.4 is 5.32 Å². The van der Waals surface area contributed by atoms with Gasteiger partial charge in [-0.3, -0.25) is 9.59 Å². The van der Waals surface area contributed by atoms with Crippen LogP contribution in [-0.2, 0) is 16.6 Å². The number of rotatable bonds is 4. The molecule has 1 aliphatic rings. The molecule has 3 rings (SSSR count). The van der Waals surface area contributed by atoms with Crippen molar-refractivity contribution in [1.82, 2.24) is 14.5 Å². The first-order valence-electron chi connectivity index (χ1n) is 7.33. The second-order valence-corrected chi connectivity index (χ2v) is 6.59. The van der Waals surface area contributed by atoms with Crippen molar-refractivity contribution < 1.29 is 9.59 Å². The Labute approximate surface area is 138 Å². The number of aromatic nitrogens is 2. The standard InChI is InChI=1S/C16H18N4O2S/c1-19-8-7-17-16(19)23-13-6-4-3-5-12(13)18-15(22)11-9-14(21)20(2)10-11/h3-8,11H,9-10H2,1-2H3,(H,18,22)/t11-/m1/s1. The zero-order chi connectivity index (χ0) is 16.4. The van der Waals surface area contributed by atoms with E-state index in [9.17, 15) is 9.59 Å². The van der Waals surface area contributed by atoms with E-state index in [2.05, 4.69) is 10.3 Å². The van der Waals surface area contributed by atoms with Crippen molar-refractivity contribution in [2.45, 2.75) is 16.5 Å². The van der Waals surface area contributed by atoms with E-state index >= 15 is 0 Å². The van der Waals surface area contributed by atoms with Crippen molar-refractivity contribution in [2.75, 3.05) is 18.9 Å². The van der Waals surface area contributed by atoms with Crippen LogP contribution in [0.3, 0.4) is 0 Å². The summed E-state index contributed by atoms with van der Waals surface area (Å²) in [5, 5.41) is 3.80. The molecule has 1 N–H and O–H groups in total. The van der Waals surface area contributed by atoms with E-state index in [1.807, 2.05) is 42.1 Å². The molecule has 2 heterocycles. The molecule has 0 spiro atoms. The Balaban J connectivity index is 1.74. The summed E-state index contributed by atoms with van der Waals surface area (Å²) >= 11 is 1.49. The Morgan fingerprint density at radius 1 is 1.35 bits per heavy atom. The minimum absolute atomic E-state index is 0.0146. The molecule has 1 saturated heterocycles. The number of carbonyl (C=O) groups is 2. The molecular weight excluding hydrogens is 312 g/mol. The number of nitrogens with zero attached hydrogens (tertiary/aromatic N) is 3. The van der Waals surface area contributed by atoms with Crippen LogP contribution in [0, 0.1) is 5.92 Å². The van der Waals surface area contributed by atoms with Crippen LogP contribution in [0.5, 0.6) is 0 Å². The van der Waals surface area contributed by atoms with Gasteiger partial charge >= 0.3 is 0 Å². The fraction of sp³-hybridized carbons (Fsp3) is 0.312. The van der Waals surface area contributed by atoms with Crippen LogP contribution >= 0.6 is 11.8 Å². The molecule has 1 fully saturated rings. The lowest BCUT2D eigenvalue weighted by molar-refractivity contribution is -0.127. The van der Waals surface area contributed by atoms with Gasteiger partial charge in [0.25, 0.3) is 0 Å². The van der Waals surface area contributed by atoms with Crippen molar-refractivity contribution in [1.29, 1.82) is 0 Å². The first-order valence-corrected chi connectivity index (χ1v) is 8.15. The molecule has 0 bridgehead atoms. The van der Waals surface area contributed by atoms with Gasteiger partial charge in [-0.25, -0.2) is 4.98 Å². The fourth-order valence-electron chi connectivity index (χ4n) is 2.48. The molecule has 0 aliphatic carbocycles. The van der Waals surface area contributed by atoms with Gasteiger partial charge in [0.15, 0.2) is 5.16 Å². The summed E-state index contributed by atoms with van der Waals surface area (Å²) in [6.07, 6.45) is 3.89. The Morgan fingerprint density at radius 2 is 2.13 bits per heavy atom. The highest BCUT2D eigenvalue weighted by Gasteiger charge is 2.32. The van der Waals surface area contributed by atoms with Crippen LogP contribution in [0.15, 0.2) is 46.7 Å². The molecule has 1 atom stereocenters. The molecule has 0 unspecified atom stereocenters. The topological polar surface area (TPSA) is 67.2 Å². The number of hydrogen-bond acceptors (Lipinski definition) is 4. The largest absolute Gasteiger partial charge is 0.345 e. The summed E-state index contributed by atoms with van der Waals surface area (Å²) in [6.45, 7) is 0.472. The molecule has 6 nitrogen and oxygen atoms in total. The lowest BCUT2D eigenvalue weighted by Gasteiger charge is -2.13. The summed E-state index contributed by atoms with van der Waals surface area (Å²) < 4.78 is 1.92. The number of nitrogens with one attached hydrogen (secondary N) is 1. The molecule has 1 aromatic carbocycles. The van der Waals surface area contributed by atoms with Crippen molar-refractivity contribution >= 4 is 29.3 Å². The number of hydrogen-bond donors (Lipinski definition) is 1. The second-order valence-electron chi connectivity index (χ2n) is 5.58. The average Bonchev–Trinajstić information content (AvgIpc) is 3.08. The lowest BCUT2D eigenvalue weighted by atomic mass is 10.1. The lowest BCUT2D eigenvalue weighted by Crippen LogP contribution is -2.25. The van der Waals surface area contributed by atoms with E-state index in [-0.39, 0.29) is 24.2 Å². The highest BCUT2D eigenvalue weighted by atomic mass is 32.2. The molecule has 120 valence electrons. The number of para-hydroxylation sites is 1.